The van der Waals surface area contributed by atoms with Crippen LogP contribution >= 0.6 is 15.9 Å². The maximum absolute atomic E-state index is 3.67. The molecule has 0 radical (unpaired) electrons. The third-order valence-corrected chi connectivity index (χ3v) is 6.09. The molecule has 24 heavy (non-hydrogen) atoms. The van der Waals surface area contributed by atoms with Gasteiger partial charge in [0, 0.05) is 27.0 Å². The summed E-state index contributed by atoms with van der Waals surface area (Å²) in [6.07, 6.45) is 6.88. The summed E-state index contributed by atoms with van der Waals surface area (Å²) in [6.45, 7) is 0. The van der Waals surface area contributed by atoms with Gasteiger partial charge < -0.3 is 4.90 Å². The number of hydrogen-bond acceptors (Lipinski definition) is 1. The smallest absolute Gasteiger partial charge is 0.0630 e. The molecule has 114 valence electrons. The highest BCUT2D eigenvalue weighted by Crippen LogP contribution is 2.57. The van der Waals surface area contributed by atoms with E-state index in [2.05, 4.69) is 93.7 Å². The Kier molecular flexibility index (Phi) is 2.39. The average Bonchev–Trinajstić information content (AvgIpc) is 2.95. The van der Waals surface area contributed by atoms with Crippen LogP contribution in [0.3, 0.4) is 0 Å². The summed E-state index contributed by atoms with van der Waals surface area (Å²) in [7, 11) is 0. The molecule has 3 aromatic rings. The highest BCUT2D eigenvalue weighted by atomic mass is 79.9. The van der Waals surface area contributed by atoms with Crippen LogP contribution in [0.5, 0.6) is 0 Å². The molecule has 3 aliphatic rings. The molecule has 0 saturated carbocycles. The number of benzene rings is 3. The second-order valence-corrected chi connectivity index (χ2v) is 7.64. The Morgan fingerprint density at radius 1 is 0.875 bits per heavy atom. The Balaban J connectivity index is 1.81. The highest BCUT2D eigenvalue weighted by Gasteiger charge is 2.42. The van der Waals surface area contributed by atoms with Crippen molar-refractivity contribution < 1.29 is 0 Å². The van der Waals surface area contributed by atoms with Gasteiger partial charge in [-0.05, 0) is 22.6 Å². The first-order valence-corrected chi connectivity index (χ1v) is 9.12. The van der Waals surface area contributed by atoms with Crippen molar-refractivity contribution in [2.75, 3.05) is 4.90 Å². The molecule has 0 spiro atoms. The molecule has 1 nitrogen and oxygen atoms in total. The number of halogens is 1. The number of anilines is 2. The number of rotatable bonds is 0. The molecule has 0 aromatic heterocycles. The van der Waals surface area contributed by atoms with Crippen LogP contribution < -0.4 is 4.90 Å². The van der Waals surface area contributed by atoms with E-state index < -0.39 is 0 Å². The van der Waals surface area contributed by atoms with Gasteiger partial charge in [0.25, 0.3) is 0 Å². The molecule has 1 aliphatic carbocycles. The monoisotopic (exact) mass is 371 g/mol. The van der Waals surface area contributed by atoms with Gasteiger partial charge in [-0.2, -0.15) is 0 Å². The van der Waals surface area contributed by atoms with Gasteiger partial charge in [-0.1, -0.05) is 82.7 Å². The van der Waals surface area contributed by atoms with E-state index in [0.717, 1.165) is 0 Å². The van der Waals surface area contributed by atoms with E-state index in [1.54, 1.807) is 0 Å². The summed E-state index contributed by atoms with van der Waals surface area (Å²) < 4.78 is 1.18. The third-order valence-electron chi connectivity index (χ3n) is 5.56. The van der Waals surface area contributed by atoms with Crippen LogP contribution in [0.2, 0.25) is 0 Å². The van der Waals surface area contributed by atoms with Crippen LogP contribution in [0, 0.1) is 0 Å². The van der Waals surface area contributed by atoms with Crippen molar-refractivity contribution in [3.63, 3.8) is 0 Å². The molecule has 0 fully saturated rings. The fourth-order valence-electron chi connectivity index (χ4n) is 4.63. The SMILES string of the molecule is BrC1=CC2c3ccc4cccc5c4c3N(c3ccccc3-5)C2C=C1. The van der Waals surface area contributed by atoms with E-state index in [1.165, 1.54) is 43.3 Å². The van der Waals surface area contributed by atoms with Gasteiger partial charge in [0.2, 0.25) is 0 Å². The van der Waals surface area contributed by atoms with Crippen LogP contribution in [0.4, 0.5) is 11.4 Å². The van der Waals surface area contributed by atoms with Gasteiger partial charge in [-0.3, -0.25) is 0 Å². The van der Waals surface area contributed by atoms with Gasteiger partial charge in [0.1, 0.15) is 0 Å². The fraction of sp³-hybridized carbons (Fsp3) is 0.0909. The summed E-state index contributed by atoms with van der Waals surface area (Å²) in [6, 6.07) is 20.5. The van der Waals surface area contributed by atoms with Crippen molar-refractivity contribution in [3.8, 4) is 11.1 Å². The zero-order valence-electron chi connectivity index (χ0n) is 12.9. The zero-order chi connectivity index (χ0) is 15.8. The van der Waals surface area contributed by atoms with E-state index in [4.69, 9.17) is 0 Å². The molecule has 2 aliphatic heterocycles. The van der Waals surface area contributed by atoms with Gasteiger partial charge in [0.05, 0.1) is 11.7 Å². The summed E-state index contributed by atoms with van der Waals surface area (Å²) in [5.74, 6) is 0.406. The largest absolute Gasteiger partial charge is 0.332 e. The minimum atomic E-state index is 0.362. The standard InChI is InChI=1S/C22H14BrN/c23-14-9-11-20-18(12-14)17-10-8-13-4-3-6-16-15-5-1-2-7-19(15)24(20)22(17)21(13)16/h1-12,18,20H. The van der Waals surface area contributed by atoms with Crippen molar-refractivity contribution in [1.29, 1.82) is 0 Å². The van der Waals surface area contributed by atoms with Crippen molar-refractivity contribution in [2.45, 2.75) is 12.0 Å². The quantitative estimate of drug-likeness (QED) is 0.449. The van der Waals surface area contributed by atoms with Gasteiger partial charge in [0.15, 0.2) is 0 Å². The molecule has 0 saturated heterocycles. The minimum Gasteiger partial charge on any atom is -0.332 e. The molecule has 2 atom stereocenters. The summed E-state index contributed by atoms with van der Waals surface area (Å²) in [5, 5.41) is 2.73. The lowest BCUT2D eigenvalue weighted by Crippen LogP contribution is -2.30. The third kappa shape index (κ3) is 1.46. The van der Waals surface area contributed by atoms with E-state index >= 15 is 0 Å². The average molecular weight is 372 g/mol. The molecule has 6 rings (SSSR count). The van der Waals surface area contributed by atoms with Crippen molar-refractivity contribution >= 4 is 38.1 Å². The fourth-order valence-corrected chi connectivity index (χ4v) is 5.06. The maximum Gasteiger partial charge on any atom is 0.0630 e. The number of para-hydroxylation sites is 1. The van der Waals surface area contributed by atoms with Crippen molar-refractivity contribution in [1.82, 2.24) is 0 Å². The normalized spacial score (nSPS) is 22.4. The first-order chi connectivity index (χ1) is 11.8. The molecule has 0 amide bonds. The summed E-state index contributed by atoms with van der Waals surface area (Å²) in [4.78, 5) is 2.55. The van der Waals surface area contributed by atoms with Crippen LogP contribution in [-0.4, -0.2) is 6.04 Å². The summed E-state index contributed by atoms with van der Waals surface area (Å²) >= 11 is 3.67. The number of fused-ring (bicyclic) bond motifs is 6. The van der Waals surface area contributed by atoms with Crippen LogP contribution in [-0.2, 0) is 0 Å². The van der Waals surface area contributed by atoms with Gasteiger partial charge in [-0.15, -0.1) is 0 Å². The van der Waals surface area contributed by atoms with Crippen molar-refractivity contribution in [2.24, 2.45) is 0 Å². The van der Waals surface area contributed by atoms with Crippen LogP contribution in [0.1, 0.15) is 11.5 Å². The van der Waals surface area contributed by atoms with Crippen molar-refractivity contribution in [3.05, 3.63) is 82.9 Å². The molecule has 2 unspecified atom stereocenters. The number of allylic oxidation sites excluding steroid dienone is 2. The molecule has 3 aromatic carbocycles. The molecule has 2 heteroatoms. The Morgan fingerprint density at radius 2 is 1.75 bits per heavy atom. The van der Waals surface area contributed by atoms with Gasteiger partial charge >= 0.3 is 0 Å². The van der Waals surface area contributed by atoms with Crippen LogP contribution in [0.25, 0.3) is 21.9 Å². The number of nitrogens with zero attached hydrogens (tertiary/aromatic N) is 1. The Bertz CT molecular complexity index is 1090. The second-order valence-electron chi connectivity index (χ2n) is 6.72. The lowest BCUT2D eigenvalue weighted by molar-refractivity contribution is 0.744. The van der Waals surface area contributed by atoms with E-state index in [1.807, 2.05) is 0 Å². The Hall–Kier alpha value is -2.32. The molecule has 2 heterocycles. The van der Waals surface area contributed by atoms with E-state index in [9.17, 15) is 0 Å². The van der Waals surface area contributed by atoms with E-state index in [-0.39, 0.29) is 0 Å². The summed E-state index contributed by atoms with van der Waals surface area (Å²) in [5.41, 5.74) is 6.88. The highest BCUT2D eigenvalue weighted by molar-refractivity contribution is 9.11. The Morgan fingerprint density at radius 3 is 2.71 bits per heavy atom. The molecule has 0 N–H and O–H groups in total. The first-order valence-electron chi connectivity index (χ1n) is 8.33. The van der Waals surface area contributed by atoms with Gasteiger partial charge in [-0.25, -0.2) is 0 Å². The second kappa shape index (κ2) is 4.40. The maximum atomic E-state index is 3.67. The lowest BCUT2D eigenvalue weighted by atomic mass is 9.89. The number of hydrogen-bond donors (Lipinski definition) is 0. The Labute approximate surface area is 149 Å². The molecule has 0 bridgehead atoms. The van der Waals surface area contributed by atoms with Crippen LogP contribution in [0.15, 0.2) is 77.3 Å². The molecular weight excluding hydrogens is 358 g/mol. The molecular formula is C22H14BrN. The van der Waals surface area contributed by atoms with E-state index in [0.29, 0.717) is 12.0 Å². The predicted molar refractivity (Wildman–Crippen MR) is 104 cm³/mol. The predicted octanol–water partition coefficient (Wildman–Crippen LogP) is 6.27. The lowest BCUT2D eigenvalue weighted by Gasteiger charge is -2.34. The first kappa shape index (κ1) is 13.0. The zero-order valence-corrected chi connectivity index (χ0v) is 14.5. The topological polar surface area (TPSA) is 3.24 Å². The minimum absolute atomic E-state index is 0.362.